The molecule has 4 rings (SSSR count). The molecule has 166 valence electrons. The van der Waals surface area contributed by atoms with Crippen molar-refractivity contribution in [3.63, 3.8) is 0 Å². The second-order valence-electron chi connectivity index (χ2n) is 6.86. The van der Waals surface area contributed by atoms with Gasteiger partial charge in [-0.2, -0.15) is 13.5 Å². The zero-order valence-electron chi connectivity index (χ0n) is 17.2. The standard InChI is InChI=1S/C22H19N7O3S/c23-22(24)28-33(31,32)18-13-11-16(12-14-18)25-26-20-19(15-7-3-1-4-8-15)27-29(21(20)30)17-9-5-2-6-10-17/h1-14,27H,(H4,23,24,28). The fourth-order valence-electron chi connectivity index (χ4n) is 3.07. The summed E-state index contributed by atoms with van der Waals surface area (Å²) in [6, 6.07) is 23.8. The van der Waals surface area contributed by atoms with E-state index in [9.17, 15) is 13.2 Å². The maximum atomic E-state index is 13.1. The first-order chi connectivity index (χ1) is 15.8. The number of hydrogen-bond donors (Lipinski definition) is 3. The van der Waals surface area contributed by atoms with Crippen LogP contribution in [-0.4, -0.2) is 24.2 Å². The van der Waals surface area contributed by atoms with Crippen LogP contribution >= 0.6 is 0 Å². The number of rotatable bonds is 6. The predicted octanol–water partition coefficient (Wildman–Crippen LogP) is 3.21. The van der Waals surface area contributed by atoms with Gasteiger partial charge < -0.3 is 11.5 Å². The van der Waals surface area contributed by atoms with E-state index in [2.05, 4.69) is 19.7 Å². The Labute approximate surface area is 189 Å². The molecule has 1 aromatic heterocycles. The second kappa shape index (κ2) is 8.93. The third-order valence-electron chi connectivity index (χ3n) is 4.57. The van der Waals surface area contributed by atoms with Crippen molar-refractivity contribution in [2.24, 2.45) is 26.1 Å². The SMILES string of the molecule is NC(N)=NS(=O)(=O)c1ccc(N=Nc2c(-c3ccccc3)[nH]n(-c3ccccc3)c2=O)cc1. The average molecular weight is 462 g/mol. The van der Waals surface area contributed by atoms with Crippen molar-refractivity contribution in [1.29, 1.82) is 0 Å². The van der Waals surface area contributed by atoms with Gasteiger partial charge in [0.05, 0.1) is 22.0 Å². The summed E-state index contributed by atoms with van der Waals surface area (Å²) in [5.41, 5.74) is 12.3. The van der Waals surface area contributed by atoms with Crippen molar-refractivity contribution in [3.05, 3.63) is 95.3 Å². The van der Waals surface area contributed by atoms with Gasteiger partial charge in [-0.1, -0.05) is 48.5 Å². The third kappa shape index (κ3) is 4.72. The molecule has 0 fully saturated rings. The molecule has 4 aromatic rings. The van der Waals surface area contributed by atoms with Gasteiger partial charge in [-0.15, -0.1) is 9.51 Å². The van der Waals surface area contributed by atoms with Crippen LogP contribution in [0.5, 0.6) is 0 Å². The van der Waals surface area contributed by atoms with E-state index in [0.717, 1.165) is 5.56 Å². The lowest BCUT2D eigenvalue weighted by Gasteiger charge is -2.01. The van der Waals surface area contributed by atoms with E-state index in [1.807, 2.05) is 48.5 Å². The van der Waals surface area contributed by atoms with E-state index in [1.165, 1.54) is 28.9 Å². The number of para-hydroxylation sites is 1. The molecule has 0 aliphatic rings. The van der Waals surface area contributed by atoms with Gasteiger partial charge in [0.1, 0.15) is 0 Å². The number of azo groups is 1. The zero-order chi connectivity index (χ0) is 23.4. The molecule has 0 radical (unpaired) electrons. The molecule has 0 spiro atoms. The lowest BCUT2D eigenvalue weighted by Crippen LogP contribution is -2.24. The molecule has 1 heterocycles. The Bertz CT molecular complexity index is 1490. The van der Waals surface area contributed by atoms with Crippen LogP contribution in [-0.2, 0) is 10.0 Å². The lowest BCUT2D eigenvalue weighted by atomic mass is 10.1. The molecule has 0 amide bonds. The molecular formula is C22H19N7O3S. The Hall–Kier alpha value is -4.51. The van der Waals surface area contributed by atoms with Crippen molar-refractivity contribution in [3.8, 4) is 16.9 Å². The average Bonchev–Trinajstić information content (AvgIpc) is 3.14. The van der Waals surface area contributed by atoms with E-state index in [-0.39, 0.29) is 16.1 Å². The number of aromatic amines is 1. The number of aromatic nitrogens is 2. The highest BCUT2D eigenvalue weighted by atomic mass is 32.2. The normalized spacial score (nSPS) is 11.5. The molecule has 0 aliphatic heterocycles. The van der Waals surface area contributed by atoms with Crippen LogP contribution in [0.2, 0.25) is 0 Å². The van der Waals surface area contributed by atoms with E-state index < -0.39 is 16.0 Å². The number of hydrogen-bond acceptors (Lipinski definition) is 5. The number of benzene rings is 3. The van der Waals surface area contributed by atoms with Crippen LogP contribution in [0.1, 0.15) is 0 Å². The summed E-state index contributed by atoms with van der Waals surface area (Å²) < 4.78 is 28.8. The van der Waals surface area contributed by atoms with E-state index >= 15 is 0 Å². The minimum atomic E-state index is -4.01. The Balaban J connectivity index is 1.74. The molecule has 0 unspecified atom stereocenters. The van der Waals surface area contributed by atoms with Crippen molar-refractivity contribution in [1.82, 2.24) is 9.78 Å². The highest BCUT2D eigenvalue weighted by molar-refractivity contribution is 7.90. The predicted molar refractivity (Wildman–Crippen MR) is 125 cm³/mol. The first-order valence-electron chi connectivity index (χ1n) is 9.69. The molecule has 33 heavy (non-hydrogen) atoms. The van der Waals surface area contributed by atoms with Crippen molar-refractivity contribution < 1.29 is 8.42 Å². The summed E-state index contributed by atoms with van der Waals surface area (Å²) in [5, 5.41) is 11.4. The summed E-state index contributed by atoms with van der Waals surface area (Å²) >= 11 is 0. The van der Waals surface area contributed by atoms with Crippen LogP contribution in [0.3, 0.4) is 0 Å². The van der Waals surface area contributed by atoms with Crippen LogP contribution in [0, 0.1) is 0 Å². The number of nitrogens with zero attached hydrogens (tertiary/aromatic N) is 4. The number of sulfonamides is 1. The highest BCUT2D eigenvalue weighted by Crippen LogP contribution is 2.28. The minimum Gasteiger partial charge on any atom is -0.369 e. The van der Waals surface area contributed by atoms with Gasteiger partial charge in [0.15, 0.2) is 5.69 Å². The monoisotopic (exact) mass is 461 g/mol. The molecule has 3 aromatic carbocycles. The largest absolute Gasteiger partial charge is 0.369 e. The van der Waals surface area contributed by atoms with Crippen LogP contribution in [0.4, 0.5) is 11.4 Å². The Morgan fingerprint density at radius 2 is 1.42 bits per heavy atom. The molecule has 5 N–H and O–H groups in total. The van der Waals surface area contributed by atoms with Crippen molar-refractivity contribution in [2.75, 3.05) is 0 Å². The van der Waals surface area contributed by atoms with Crippen LogP contribution in [0.25, 0.3) is 16.9 Å². The molecule has 10 nitrogen and oxygen atoms in total. The van der Waals surface area contributed by atoms with E-state index in [1.54, 1.807) is 12.1 Å². The zero-order valence-corrected chi connectivity index (χ0v) is 18.0. The van der Waals surface area contributed by atoms with Gasteiger partial charge in [-0.25, -0.2) is 4.68 Å². The number of nitrogens with two attached hydrogens (primary N) is 2. The van der Waals surface area contributed by atoms with Crippen LogP contribution in [0.15, 0.2) is 109 Å². The number of guanidine groups is 1. The van der Waals surface area contributed by atoms with Gasteiger partial charge in [0, 0.05) is 5.56 Å². The summed E-state index contributed by atoms with van der Waals surface area (Å²) in [5.74, 6) is -0.561. The molecular weight excluding hydrogens is 442 g/mol. The maximum Gasteiger partial charge on any atom is 0.299 e. The van der Waals surface area contributed by atoms with E-state index in [4.69, 9.17) is 11.5 Å². The molecule has 0 saturated carbocycles. The summed E-state index contributed by atoms with van der Waals surface area (Å²) in [6.45, 7) is 0. The van der Waals surface area contributed by atoms with Gasteiger partial charge in [-0.05, 0) is 36.4 Å². The van der Waals surface area contributed by atoms with E-state index in [0.29, 0.717) is 17.1 Å². The minimum absolute atomic E-state index is 0.104. The van der Waals surface area contributed by atoms with Gasteiger partial charge in [-0.3, -0.25) is 9.89 Å². The molecule has 0 bridgehead atoms. The smallest absolute Gasteiger partial charge is 0.299 e. The first-order valence-corrected chi connectivity index (χ1v) is 11.1. The maximum absolute atomic E-state index is 13.1. The van der Waals surface area contributed by atoms with Crippen molar-refractivity contribution in [2.45, 2.75) is 4.90 Å². The summed E-state index contributed by atoms with van der Waals surface area (Å²) in [6.07, 6.45) is 0. The number of nitrogens with one attached hydrogen (secondary N) is 1. The Morgan fingerprint density at radius 3 is 2.03 bits per heavy atom. The topological polar surface area (TPSA) is 161 Å². The molecule has 0 saturated heterocycles. The molecule has 11 heteroatoms. The Kier molecular flexibility index (Phi) is 5.87. The Morgan fingerprint density at radius 1 is 0.818 bits per heavy atom. The quantitative estimate of drug-likeness (QED) is 0.228. The summed E-state index contributed by atoms with van der Waals surface area (Å²) in [4.78, 5) is 13.0. The third-order valence-corrected chi connectivity index (χ3v) is 5.89. The lowest BCUT2D eigenvalue weighted by molar-refractivity contribution is 0.598. The fourth-order valence-corrected chi connectivity index (χ4v) is 3.93. The molecule has 0 aliphatic carbocycles. The van der Waals surface area contributed by atoms with Crippen LogP contribution < -0.4 is 17.0 Å². The van der Waals surface area contributed by atoms with Gasteiger partial charge in [0.2, 0.25) is 5.96 Å². The first kappa shape index (κ1) is 21.7. The van der Waals surface area contributed by atoms with Gasteiger partial charge >= 0.3 is 0 Å². The van der Waals surface area contributed by atoms with Gasteiger partial charge in [0.25, 0.3) is 15.6 Å². The summed E-state index contributed by atoms with van der Waals surface area (Å²) in [7, 11) is -4.01. The highest BCUT2D eigenvalue weighted by Gasteiger charge is 2.17. The fraction of sp³-hybridized carbons (Fsp3) is 0. The molecule has 0 atom stereocenters. The van der Waals surface area contributed by atoms with Crippen molar-refractivity contribution >= 4 is 27.4 Å². The second-order valence-corrected chi connectivity index (χ2v) is 8.47. The number of H-pyrrole nitrogens is 1.